The van der Waals surface area contributed by atoms with Gasteiger partial charge in [0.25, 0.3) is 0 Å². The highest BCUT2D eigenvalue weighted by Crippen LogP contribution is 2.24. The zero-order chi connectivity index (χ0) is 14.8. The molecule has 1 aromatic rings. The Bertz CT molecular complexity index is 366. The summed E-state index contributed by atoms with van der Waals surface area (Å²) < 4.78 is 0. The van der Waals surface area contributed by atoms with Crippen LogP contribution in [0.2, 0.25) is 5.02 Å². The third-order valence-electron chi connectivity index (χ3n) is 3.70. The van der Waals surface area contributed by atoms with Crippen molar-refractivity contribution >= 4 is 23.4 Å². The predicted molar refractivity (Wildman–Crippen MR) is 92.9 cm³/mol. The molecule has 114 valence electrons. The standard InChI is InChI=1S/C17H28ClNS/c1-4-10-19-16(11-14(5-2)6-3)13-20-17-9-7-8-15(18)12-17/h7-9,12,14,16,19H,4-6,10-11,13H2,1-3H3. The molecule has 0 aliphatic heterocycles. The number of hydrogen-bond donors (Lipinski definition) is 1. The van der Waals surface area contributed by atoms with Crippen molar-refractivity contribution in [2.75, 3.05) is 12.3 Å². The molecule has 1 atom stereocenters. The zero-order valence-corrected chi connectivity index (χ0v) is 14.6. The molecule has 1 unspecified atom stereocenters. The summed E-state index contributed by atoms with van der Waals surface area (Å²) >= 11 is 7.95. The summed E-state index contributed by atoms with van der Waals surface area (Å²) in [4.78, 5) is 1.27. The molecule has 20 heavy (non-hydrogen) atoms. The molecule has 0 aromatic heterocycles. The van der Waals surface area contributed by atoms with E-state index in [0.717, 1.165) is 23.2 Å². The van der Waals surface area contributed by atoms with Gasteiger partial charge in [-0.05, 0) is 43.5 Å². The fourth-order valence-electron chi connectivity index (χ4n) is 2.34. The Morgan fingerprint density at radius 2 is 1.95 bits per heavy atom. The minimum atomic E-state index is 0.601. The Hall–Kier alpha value is -0.180. The summed E-state index contributed by atoms with van der Waals surface area (Å²) in [5.41, 5.74) is 0. The van der Waals surface area contributed by atoms with Gasteiger partial charge >= 0.3 is 0 Å². The molecular formula is C17H28ClNS. The van der Waals surface area contributed by atoms with E-state index in [1.807, 2.05) is 23.9 Å². The summed E-state index contributed by atoms with van der Waals surface area (Å²) in [6, 6.07) is 8.76. The first kappa shape index (κ1) is 17.9. The van der Waals surface area contributed by atoms with Crippen LogP contribution in [-0.2, 0) is 0 Å². The maximum absolute atomic E-state index is 6.04. The molecule has 0 fully saturated rings. The average Bonchev–Trinajstić information content (AvgIpc) is 2.46. The highest BCUT2D eigenvalue weighted by molar-refractivity contribution is 7.99. The number of benzene rings is 1. The Morgan fingerprint density at radius 3 is 2.55 bits per heavy atom. The molecule has 0 bridgehead atoms. The van der Waals surface area contributed by atoms with Crippen LogP contribution in [0, 0.1) is 5.92 Å². The van der Waals surface area contributed by atoms with Gasteiger partial charge < -0.3 is 5.32 Å². The smallest absolute Gasteiger partial charge is 0.0417 e. The van der Waals surface area contributed by atoms with Crippen molar-refractivity contribution in [3.8, 4) is 0 Å². The summed E-state index contributed by atoms with van der Waals surface area (Å²) in [5.74, 6) is 1.96. The SMILES string of the molecule is CCCNC(CSc1cccc(Cl)c1)CC(CC)CC. The van der Waals surface area contributed by atoms with Crippen molar-refractivity contribution in [1.29, 1.82) is 0 Å². The fourth-order valence-corrected chi connectivity index (χ4v) is 3.62. The van der Waals surface area contributed by atoms with E-state index in [-0.39, 0.29) is 0 Å². The molecule has 3 heteroatoms. The molecule has 0 spiro atoms. The third kappa shape index (κ3) is 7.01. The van der Waals surface area contributed by atoms with E-state index in [1.54, 1.807) is 0 Å². The van der Waals surface area contributed by atoms with Gasteiger partial charge in [0, 0.05) is 21.7 Å². The van der Waals surface area contributed by atoms with Crippen LogP contribution < -0.4 is 5.32 Å². The zero-order valence-electron chi connectivity index (χ0n) is 13.0. The molecule has 0 saturated carbocycles. The van der Waals surface area contributed by atoms with E-state index < -0.39 is 0 Å². The minimum absolute atomic E-state index is 0.601. The monoisotopic (exact) mass is 313 g/mol. The molecule has 0 aliphatic rings. The lowest BCUT2D eigenvalue weighted by molar-refractivity contribution is 0.384. The largest absolute Gasteiger partial charge is 0.313 e. The second-order valence-electron chi connectivity index (χ2n) is 5.34. The van der Waals surface area contributed by atoms with Gasteiger partial charge in [0.05, 0.1) is 0 Å². The number of nitrogens with one attached hydrogen (secondary N) is 1. The molecule has 1 aromatic carbocycles. The topological polar surface area (TPSA) is 12.0 Å². The summed E-state index contributed by atoms with van der Waals surface area (Å²) in [5, 5.41) is 4.53. The van der Waals surface area contributed by atoms with Gasteiger partial charge in [-0.3, -0.25) is 0 Å². The Kier molecular flexibility index (Phi) is 9.41. The molecule has 1 N–H and O–H groups in total. The van der Waals surface area contributed by atoms with Crippen molar-refractivity contribution in [3.63, 3.8) is 0 Å². The quantitative estimate of drug-likeness (QED) is 0.562. The highest BCUT2D eigenvalue weighted by Gasteiger charge is 2.14. The molecule has 0 aliphatic carbocycles. The lowest BCUT2D eigenvalue weighted by atomic mass is 9.95. The number of thioether (sulfide) groups is 1. The lowest BCUT2D eigenvalue weighted by Crippen LogP contribution is -2.33. The molecule has 1 nitrogen and oxygen atoms in total. The molecular weight excluding hydrogens is 286 g/mol. The van der Waals surface area contributed by atoms with Crippen LogP contribution in [0.15, 0.2) is 29.2 Å². The summed E-state index contributed by atoms with van der Waals surface area (Å²) in [7, 11) is 0. The lowest BCUT2D eigenvalue weighted by Gasteiger charge is -2.23. The van der Waals surface area contributed by atoms with E-state index in [2.05, 4.69) is 38.2 Å². The van der Waals surface area contributed by atoms with Crippen LogP contribution in [0.1, 0.15) is 46.5 Å². The van der Waals surface area contributed by atoms with E-state index in [9.17, 15) is 0 Å². The molecule has 0 heterocycles. The van der Waals surface area contributed by atoms with E-state index >= 15 is 0 Å². The Morgan fingerprint density at radius 1 is 1.20 bits per heavy atom. The van der Waals surface area contributed by atoms with Crippen LogP contribution >= 0.6 is 23.4 Å². The van der Waals surface area contributed by atoms with Crippen molar-refractivity contribution in [2.45, 2.75) is 57.4 Å². The molecule has 1 rings (SSSR count). The second kappa shape index (κ2) is 10.5. The van der Waals surface area contributed by atoms with Crippen molar-refractivity contribution in [1.82, 2.24) is 5.32 Å². The number of rotatable bonds is 10. The first-order chi connectivity index (χ1) is 9.69. The second-order valence-corrected chi connectivity index (χ2v) is 6.87. The van der Waals surface area contributed by atoms with Crippen molar-refractivity contribution < 1.29 is 0 Å². The van der Waals surface area contributed by atoms with Crippen molar-refractivity contribution in [2.24, 2.45) is 5.92 Å². The van der Waals surface area contributed by atoms with E-state index in [1.165, 1.54) is 30.6 Å². The van der Waals surface area contributed by atoms with Gasteiger partial charge in [-0.2, -0.15) is 0 Å². The van der Waals surface area contributed by atoms with E-state index in [4.69, 9.17) is 11.6 Å². The van der Waals surface area contributed by atoms with Gasteiger partial charge in [-0.15, -0.1) is 11.8 Å². The Balaban J connectivity index is 2.50. The normalized spacial score (nSPS) is 12.8. The summed E-state index contributed by atoms with van der Waals surface area (Å²) in [6.07, 6.45) is 5.03. The maximum atomic E-state index is 6.04. The minimum Gasteiger partial charge on any atom is -0.313 e. The fraction of sp³-hybridized carbons (Fsp3) is 0.647. The molecule has 0 saturated heterocycles. The summed E-state index contributed by atoms with van der Waals surface area (Å²) in [6.45, 7) is 7.94. The maximum Gasteiger partial charge on any atom is 0.0417 e. The first-order valence-corrected chi connectivity index (χ1v) is 9.17. The first-order valence-electron chi connectivity index (χ1n) is 7.81. The highest BCUT2D eigenvalue weighted by atomic mass is 35.5. The predicted octanol–water partition coefficient (Wildman–Crippen LogP) is 5.63. The van der Waals surface area contributed by atoms with Crippen LogP contribution in [0.4, 0.5) is 0 Å². The number of halogens is 1. The van der Waals surface area contributed by atoms with Gasteiger partial charge in [-0.1, -0.05) is 51.3 Å². The van der Waals surface area contributed by atoms with Crippen molar-refractivity contribution in [3.05, 3.63) is 29.3 Å². The average molecular weight is 314 g/mol. The van der Waals surface area contributed by atoms with Gasteiger partial charge in [0.2, 0.25) is 0 Å². The molecule has 0 amide bonds. The third-order valence-corrected chi connectivity index (χ3v) is 5.09. The van der Waals surface area contributed by atoms with Crippen LogP contribution in [0.3, 0.4) is 0 Å². The number of hydrogen-bond acceptors (Lipinski definition) is 2. The molecule has 0 radical (unpaired) electrons. The van der Waals surface area contributed by atoms with Gasteiger partial charge in [0.15, 0.2) is 0 Å². The van der Waals surface area contributed by atoms with Crippen LogP contribution in [0.25, 0.3) is 0 Å². The van der Waals surface area contributed by atoms with Crippen LogP contribution in [-0.4, -0.2) is 18.3 Å². The van der Waals surface area contributed by atoms with E-state index in [0.29, 0.717) is 6.04 Å². The van der Waals surface area contributed by atoms with Crippen LogP contribution in [0.5, 0.6) is 0 Å². The van der Waals surface area contributed by atoms with Gasteiger partial charge in [0.1, 0.15) is 0 Å². The van der Waals surface area contributed by atoms with Gasteiger partial charge in [-0.25, -0.2) is 0 Å². The Labute approximate surface area is 133 Å².